The molecule has 0 spiro atoms. The number of aromatic nitrogens is 1. The van der Waals surface area contributed by atoms with Crippen molar-refractivity contribution < 1.29 is 19.1 Å². The molecule has 1 saturated heterocycles. The van der Waals surface area contributed by atoms with Crippen LogP contribution in [-0.2, 0) is 0 Å². The van der Waals surface area contributed by atoms with E-state index in [1.54, 1.807) is 41.4 Å². The Labute approximate surface area is 184 Å². The lowest BCUT2D eigenvalue weighted by Gasteiger charge is -2.58. The molecule has 2 aliphatic heterocycles. The number of hydrogen-bond acceptors (Lipinski definition) is 4. The summed E-state index contributed by atoms with van der Waals surface area (Å²) < 4.78 is 14.1. The number of urea groups is 1. The quantitative estimate of drug-likeness (QED) is 0.665. The molecular weight excluding hydrogens is 411 g/mol. The molecule has 0 unspecified atom stereocenters. The van der Waals surface area contributed by atoms with Gasteiger partial charge in [-0.3, -0.25) is 14.7 Å². The van der Waals surface area contributed by atoms with Gasteiger partial charge >= 0.3 is 6.03 Å². The minimum absolute atomic E-state index is 0.0837. The standard InChI is InChI=1S/C24H21FN4O3/c25-16-8-2-3-9-17(16)27-24(32)28-13-20-22(15-7-1-4-11-19(15)28)21(14-30)29(20)23(31)18-10-5-6-12-26-18/h1-12,20-22,30H,13-14H2,(H,27,32)/t20-,21+,22+/m1/s1. The van der Waals surface area contributed by atoms with Crippen molar-refractivity contribution in [2.75, 3.05) is 23.4 Å². The zero-order valence-electron chi connectivity index (χ0n) is 17.1. The molecule has 8 heteroatoms. The number of nitrogens with zero attached hydrogens (tertiary/aromatic N) is 3. The van der Waals surface area contributed by atoms with Gasteiger partial charge in [-0.1, -0.05) is 36.4 Å². The highest BCUT2D eigenvalue weighted by Gasteiger charge is 2.55. The third kappa shape index (κ3) is 3.20. The number of carbonyl (C=O) groups excluding carboxylic acids is 2. The zero-order chi connectivity index (χ0) is 22.2. The maximum Gasteiger partial charge on any atom is 0.326 e. The topological polar surface area (TPSA) is 85.8 Å². The molecule has 3 atom stereocenters. The summed E-state index contributed by atoms with van der Waals surface area (Å²) in [7, 11) is 0. The molecule has 32 heavy (non-hydrogen) atoms. The Morgan fingerprint density at radius 3 is 2.56 bits per heavy atom. The molecule has 0 bridgehead atoms. The van der Waals surface area contributed by atoms with E-state index >= 15 is 0 Å². The Hall–Kier alpha value is -3.78. The van der Waals surface area contributed by atoms with Gasteiger partial charge in [-0.25, -0.2) is 9.18 Å². The molecule has 0 radical (unpaired) electrons. The predicted molar refractivity (Wildman–Crippen MR) is 117 cm³/mol. The highest BCUT2D eigenvalue weighted by molar-refractivity contribution is 6.03. The van der Waals surface area contributed by atoms with Crippen LogP contribution in [0.25, 0.3) is 0 Å². The number of benzene rings is 2. The highest BCUT2D eigenvalue weighted by Crippen LogP contribution is 2.48. The summed E-state index contributed by atoms with van der Waals surface area (Å²) in [4.78, 5) is 33.6. The van der Waals surface area contributed by atoms with Crippen molar-refractivity contribution in [2.45, 2.75) is 18.0 Å². The maximum absolute atomic E-state index is 14.1. The van der Waals surface area contributed by atoms with Crippen LogP contribution < -0.4 is 10.2 Å². The number of aliphatic hydroxyl groups is 1. The van der Waals surface area contributed by atoms with Crippen LogP contribution in [0.1, 0.15) is 22.0 Å². The SMILES string of the molecule is O=C(Nc1ccccc1F)N1C[C@@H]2[C@H](c3ccccc31)[C@H](CO)N2C(=O)c1ccccn1. The van der Waals surface area contributed by atoms with Crippen LogP contribution in [0.4, 0.5) is 20.6 Å². The first-order valence-corrected chi connectivity index (χ1v) is 10.4. The summed E-state index contributed by atoms with van der Waals surface area (Å²) in [5, 5.41) is 12.7. The first kappa shape index (κ1) is 20.1. The largest absolute Gasteiger partial charge is 0.394 e. The van der Waals surface area contributed by atoms with Crippen LogP contribution in [0.2, 0.25) is 0 Å². The number of para-hydroxylation sites is 2. The summed E-state index contributed by atoms with van der Waals surface area (Å²) in [6.45, 7) is 0.0204. The molecular formula is C24H21FN4O3. The van der Waals surface area contributed by atoms with Crippen LogP contribution in [-0.4, -0.2) is 52.2 Å². The molecule has 3 aromatic rings. The van der Waals surface area contributed by atoms with E-state index in [0.29, 0.717) is 5.69 Å². The van der Waals surface area contributed by atoms with Gasteiger partial charge in [-0.2, -0.15) is 0 Å². The monoisotopic (exact) mass is 432 g/mol. The van der Waals surface area contributed by atoms with E-state index in [0.717, 1.165) is 5.56 Å². The number of hydrogen-bond donors (Lipinski definition) is 2. The Balaban J connectivity index is 1.48. The molecule has 2 N–H and O–H groups in total. The molecule has 1 fully saturated rings. The van der Waals surface area contributed by atoms with Gasteiger partial charge < -0.3 is 15.3 Å². The van der Waals surface area contributed by atoms with Crippen LogP contribution in [0.15, 0.2) is 72.9 Å². The number of likely N-dealkylation sites (tertiary alicyclic amines) is 1. The van der Waals surface area contributed by atoms with E-state index in [2.05, 4.69) is 10.3 Å². The van der Waals surface area contributed by atoms with E-state index in [1.807, 2.05) is 24.3 Å². The molecule has 3 amide bonds. The second-order valence-corrected chi connectivity index (χ2v) is 7.85. The second-order valence-electron chi connectivity index (χ2n) is 7.85. The number of anilines is 2. The highest BCUT2D eigenvalue weighted by atomic mass is 19.1. The van der Waals surface area contributed by atoms with Crippen molar-refractivity contribution in [2.24, 2.45) is 0 Å². The van der Waals surface area contributed by atoms with E-state index in [1.165, 1.54) is 17.0 Å². The zero-order valence-corrected chi connectivity index (χ0v) is 17.1. The summed E-state index contributed by atoms with van der Waals surface area (Å²) >= 11 is 0. The molecule has 162 valence electrons. The van der Waals surface area contributed by atoms with Gasteiger partial charge in [0.05, 0.1) is 24.4 Å². The van der Waals surface area contributed by atoms with Crippen LogP contribution >= 0.6 is 0 Å². The number of carbonyl (C=O) groups is 2. The average Bonchev–Trinajstić information content (AvgIpc) is 2.81. The van der Waals surface area contributed by atoms with E-state index < -0.39 is 17.9 Å². The molecule has 3 heterocycles. The molecule has 0 saturated carbocycles. The van der Waals surface area contributed by atoms with E-state index in [4.69, 9.17) is 0 Å². The second kappa shape index (κ2) is 8.05. The number of amides is 3. The summed E-state index contributed by atoms with van der Waals surface area (Å²) in [5.74, 6) is -0.930. The third-order valence-corrected chi connectivity index (χ3v) is 6.17. The Morgan fingerprint density at radius 1 is 1.06 bits per heavy atom. The van der Waals surface area contributed by atoms with Crippen LogP contribution in [0, 0.1) is 5.82 Å². The number of pyridine rings is 1. The maximum atomic E-state index is 14.1. The molecule has 5 rings (SSSR count). The minimum atomic E-state index is -0.528. The van der Waals surface area contributed by atoms with Gasteiger partial charge in [0.2, 0.25) is 0 Å². The fourth-order valence-electron chi connectivity index (χ4n) is 4.73. The number of nitrogens with one attached hydrogen (secondary N) is 1. The first-order chi connectivity index (χ1) is 15.6. The number of halogens is 1. The summed E-state index contributed by atoms with van der Waals surface area (Å²) in [6, 6.07) is 17.2. The average molecular weight is 432 g/mol. The van der Waals surface area contributed by atoms with Gasteiger partial charge in [-0.15, -0.1) is 0 Å². The van der Waals surface area contributed by atoms with Gasteiger partial charge in [0.15, 0.2) is 0 Å². The number of aliphatic hydroxyl groups excluding tert-OH is 1. The lowest BCUT2D eigenvalue weighted by Crippen LogP contribution is -2.71. The van der Waals surface area contributed by atoms with Crippen molar-refractivity contribution in [1.82, 2.24) is 9.88 Å². The smallest absolute Gasteiger partial charge is 0.326 e. The van der Waals surface area contributed by atoms with Gasteiger partial charge in [0.25, 0.3) is 5.91 Å². The van der Waals surface area contributed by atoms with Crippen molar-refractivity contribution in [3.8, 4) is 0 Å². The lowest BCUT2D eigenvalue weighted by molar-refractivity contribution is -0.0245. The summed E-state index contributed by atoms with van der Waals surface area (Å²) in [6.07, 6.45) is 1.54. The molecule has 7 nitrogen and oxygen atoms in total. The lowest BCUT2D eigenvalue weighted by atomic mass is 9.72. The molecule has 2 aliphatic rings. The Kier molecular flexibility index (Phi) is 5.07. The normalized spacial score (nSPS) is 21.2. The minimum Gasteiger partial charge on any atom is -0.394 e. The van der Waals surface area contributed by atoms with Crippen molar-refractivity contribution >= 4 is 23.3 Å². The summed E-state index contributed by atoms with van der Waals surface area (Å²) in [5.41, 5.74) is 1.92. The number of rotatable bonds is 3. The molecule has 2 aromatic carbocycles. The molecule has 1 aromatic heterocycles. The molecule has 0 aliphatic carbocycles. The Bertz CT molecular complexity index is 1170. The van der Waals surface area contributed by atoms with E-state index in [-0.39, 0.29) is 42.4 Å². The fraction of sp³-hybridized carbons (Fsp3) is 0.208. The van der Waals surface area contributed by atoms with Crippen molar-refractivity contribution in [3.63, 3.8) is 0 Å². The van der Waals surface area contributed by atoms with Crippen molar-refractivity contribution in [1.29, 1.82) is 0 Å². The van der Waals surface area contributed by atoms with Gasteiger partial charge in [-0.05, 0) is 35.9 Å². The fourth-order valence-corrected chi connectivity index (χ4v) is 4.73. The Morgan fingerprint density at radius 2 is 1.81 bits per heavy atom. The van der Waals surface area contributed by atoms with Crippen LogP contribution in [0.5, 0.6) is 0 Å². The van der Waals surface area contributed by atoms with Crippen molar-refractivity contribution in [3.05, 3.63) is 90.0 Å². The van der Waals surface area contributed by atoms with E-state index in [9.17, 15) is 19.1 Å². The van der Waals surface area contributed by atoms with Crippen LogP contribution in [0.3, 0.4) is 0 Å². The van der Waals surface area contributed by atoms with Gasteiger partial charge in [0, 0.05) is 24.3 Å². The first-order valence-electron chi connectivity index (χ1n) is 10.4. The predicted octanol–water partition coefficient (Wildman–Crippen LogP) is 3.24. The number of fused-ring (bicyclic) bond motifs is 3. The van der Waals surface area contributed by atoms with Gasteiger partial charge in [0.1, 0.15) is 11.5 Å². The third-order valence-electron chi connectivity index (χ3n) is 6.17.